The summed E-state index contributed by atoms with van der Waals surface area (Å²) in [5.41, 5.74) is 5.86. The predicted molar refractivity (Wildman–Crippen MR) is 70.1 cm³/mol. The standard InChI is InChI=1S/C11H15N3O2S/c1-6-3-9(15)8(5-13-6)11(16)14-7(2)4-10(12)17/h3,5,7H,4H2,1-2H3,(H2,12,17)(H,13,15)(H,14,16). The molecule has 1 amide bonds. The molecule has 0 radical (unpaired) electrons. The molecule has 0 fully saturated rings. The van der Waals surface area contributed by atoms with E-state index in [1.54, 1.807) is 13.8 Å². The van der Waals surface area contributed by atoms with Crippen molar-refractivity contribution >= 4 is 23.1 Å². The SMILES string of the molecule is Cc1cc(=O)c(C(=O)NC(C)CC(N)=S)c[nH]1. The lowest BCUT2D eigenvalue weighted by atomic mass is 10.2. The van der Waals surface area contributed by atoms with Crippen molar-refractivity contribution in [3.63, 3.8) is 0 Å². The van der Waals surface area contributed by atoms with Crippen molar-refractivity contribution in [1.82, 2.24) is 10.3 Å². The van der Waals surface area contributed by atoms with E-state index in [0.29, 0.717) is 17.1 Å². The number of carbonyl (C=O) groups excluding carboxylic acids is 1. The Morgan fingerprint density at radius 3 is 2.82 bits per heavy atom. The van der Waals surface area contributed by atoms with Crippen LogP contribution in [0.5, 0.6) is 0 Å². The average Bonchev–Trinajstić information content (AvgIpc) is 2.15. The van der Waals surface area contributed by atoms with E-state index < -0.39 is 5.91 Å². The van der Waals surface area contributed by atoms with Crippen LogP contribution in [0.4, 0.5) is 0 Å². The molecular weight excluding hydrogens is 238 g/mol. The number of rotatable bonds is 4. The monoisotopic (exact) mass is 253 g/mol. The molecule has 0 bridgehead atoms. The van der Waals surface area contributed by atoms with E-state index in [-0.39, 0.29) is 17.0 Å². The molecule has 5 nitrogen and oxygen atoms in total. The number of aryl methyl sites for hydroxylation is 1. The lowest BCUT2D eigenvalue weighted by Gasteiger charge is -2.12. The minimum absolute atomic E-state index is 0.0883. The molecule has 1 rings (SSSR count). The summed E-state index contributed by atoms with van der Waals surface area (Å²) in [5.74, 6) is -0.421. The Morgan fingerprint density at radius 1 is 1.65 bits per heavy atom. The normalized spacial score (nSPS) is 11.9. The maximum Gasteiger partial charge on any atom is 0.256 e. The molecule has 0 spiro atoms. The van der Waals surface area contributed by atoms with Crippen LogP contribution in [-0.2, 0) is 0 Å². The van der Waals surface area contributed by atoms with Gasteiger partial charge in [0.15, 0.2) is 5.43 Å². The first-order chi connectivity index (χ1) is 7.90. The first kappa shape index (κ1) is 13.4. The number of amides is 1. The van der Waals surface area contributed by atoms with E-state index in [1.165, 1.54) is 12.3 Å². The third-order valence-electron chi connectivity index (χ3n) is 2.19. The topological polar surface area (TPSA) is 88.0 Å². The fourth-order valence-electron chi connectivity index (χ4n) is 1.40. The molecule has 0 saturated heterocycles. The van der Waals surface area contributed by atoms with Gasteiger partial charge in [0.25, 0.3) is 5.91 Å². The second-order valence-electron chi connectivity index (χ2n) is 3.94. The number of nitrogens with two attached hydrogens (primary N) is 1. The van der Waals surface area contributed by atoms with Gasteiger partial charge in [0.1, 0.15) is 5.56 Å². The number of hydrogen-bond acceptors (Lipinski definition) is 3. The smallest absolute Gasteiger partial charge is 0.256 e. The second-order valence-corrected chi connectivity index (χ2v) is 4.46. The number of hydrogen-bond donors (Lipinski definition) is 3. The molecule has 0 aromatic carbocycles. The summed E-state index contributed by atoms with van der Waals surface area (Å²) < 4.78 is 0. The van der Waals surface area contributed by atoms with Crippen LogP contribution in [0.25, 0.3) is 0 Å². The van der Waals surface area contributed by atoms with Gasteiger partial charge in [0, 0.05) is 30.4 Å². The molecule has 1 heterocycles. The summed E-state index contributed by atoms with van der Waals surface area (Å²) in [6.07, 6.45) is 1.81. The molecule has 0 aliphatic carbocycles. The Morgan fingerprint density at radius 2 is 2.29 bits per heavy atom. The lowest BCUT2D eigenvalue weighted by Crippen LogP contribution is -2.37. The number of aromatic nitrogens is 1. The zero-order chi connectivity index (χ0) is 13.0. The molecule has 0 saturated carbocycles. The van der Waals surface area contributed by atoms with Crippen molar-refractivity contribution in [1.29, 1.82) is 0 Å². The molecule has 4 N–H and O–H groups in total. The van der Waals surface area contributed by atoms with E-state index in [1.807, 2.05) is 0 Å². The average molecular weight is 253 g/mol. The molecule has 1 atom stereocenters. The summed E-state index contributed by atoms with van der Waals surface area (Å²) >= 11 is 4.74. The summed E-state index contributed by atoms with van der Waals surface area (Å²) in [6, 6.07) is 1.19. The van der Waals surface area contributed by atoms with Gasteiger partial charge >= 0.3 is 0 Å². The van der Waals surface area contributed by atoms with Crippen LogP contribution in [0.2, 0.25) is 0 Å². The van der Waals surface area contributed by atoms with Crippen LogP contribution in [0, 0.1) is 6.92 Å². The summed E-state index contributed by atoms with van der Waals surface area (Å²) in [5, 5.41) is 2.66. The zero-order valence-electron chi connectivity index (χ0n) is 9.74. The third-order valence-corrected chi connectivity index (χ3v) is 2.35. The molecule has 17 heavy (non-hydrogen) atoms. The summed E-state index contributed by atoms with van der Waals surface area (Å²) in [4.78, 5) is 26.5. The fourth-order valence-corrected chi connectivity index (χ4v) is 1.65. The highest BCUT2D eigenvalue weighted by molar-refractivity contribution is 7.80. The van der Waals surface area contributed by atoms with Crippen LogP contribution in [0.1, 0.15) is 29.4 Å². The quantitative estimate of drug-likeness (QED) is 0.681. The van der Waals surface area contributed by atoms with E-state index in [2.05, 4.69) is 10.3 Å². The Hall–Kier alpha value is -1.69. The van der Waals surface area contributed by atoms with E-state index >= 15 is 0 Å². The van der Waals surface area contributed by atoms with Gasteiger partial charge in [-0.05, 0) is 13.8 Å². The van der Waals surface area contributed by atoms with Gasteiger partial charge in [-0.1, -0.05) is 12.2 Å². The van der Waals surface area contributed by atoms with Crippen molar-refractivity contribution < 1.29 is 4.79 Å². The molecule has 92 valence electrons. The highest BCUT2D eigenvalue weighted by Gasteiger charge is 2.13. The molecular formula is C11H15N3O2S. The van der Waals surface area contributed by atoms with E-state index in [9.17, 15) is 9.59 Å². The first-order valence-corrected chi connectivity index (χ1v) is 5.59. The molecule has 1 aromatic rings. The predicted octanol–water partition coefficient (Wildman–Crippen LogP) is 0.478. The number of aromatic amines is 1. The number of nitrogens with one attached hydrogen (secondary N) is 2. The molecule has 0 aliphatic rings. The zero-order valence-corrected chi connectivity index (χ0v) is 10.6. The maximum atomic E-state index is 11.8. The van der Waals surface area contributed by atoms with Gasteiger partial charge < -0.3 is 16.0 Å². The number of thiocarbonyl (C=S) groups is 1. The Labute approximate surface area is 104 Å². The Balaban J connectivity index is 2.77. The van der Waals surface area contributed by atoms with Crippen LogP contribution < -0.4 is 16.5 Å². The van der Waals surface area contributed by atoms with Gasteiger partial charge in [-0.3, -0.25) is 9.59 Å². The van der Waals surface area contributed by atoms with E-state index in [4.69, 9.17) is 18.0 Å². The van der Waals surface area contributed by atoms with Gasteiger partial charge in [0.05, 0.1) is 4.99 Å². The largest absolute Gasteiger partial charge is 0.393 e. The Bertz CT molecular complexity index is 496. The van der Waals surface area contributed by atoms with Gasteiger partial charge in [-0.2, -0.15) is 0 Å². The van der Waals surface area contributed by atoms with Gasteiger partial charge in [-0.15, -0.1) is 0 Å². The van der Waals surface area contributed by atoms with Crippen molar-refractivity contribution in [2.24, 2.45) is 5.73 Å². The van der Waals surface area contributed by atoms with Crippen molar-refractivity contribution in [3.05, 3.63) is 33.7 Å². The number of H-pyrrole nitrogens is 1. The van der Waals surface area contributed by atoms with Crippen molar-refractivity contribution in [3.8, 4) is 0 Å². The van der Waals surface area contributed by atoms with Crippen LogP contribution in [0.3, 0.4) is 0 Å². The number of pyridine rings is 1. The maximum absolute atomic E-state index is 11.8. The summed E-state index contributed by atoms with van der Waals surface area (Å²) in [7, 11) is 0. The van der Waals surface area contributed by atoms with Gasteiger partial charge in [0.2, 0.25) is 0 Å². The molecule has 6 heteroatoms. The van der Waals surface area contributed by atoms with Crippen LogP contribution in [0.15, 0.2) is 17.1 Å². The highest BCUT2D eigenvalue weighted by Crippen LogP contribution is 1.96. The minimum atomic E-state index is -0.421. The first-order valence-electron chi connectivity index (χ1n) is 5.18. The molecule has 1 aromatic heterocycles. The highest BCUT2D eigenvalue weighted by atomic mass is 32.1. The minimum Gasteiger partial charge on any atom is -0.393 e. The third kappa shape index (κ3) is 3.99. The van der Waals surface area contributed by atoms with Crippen molar-refractivity contribution in [2.75, 3.05) is 0 Å². The van der Waals surface area contributed by atoms with E-state index in [0.717, 1.165) is 0 Å². The van der Waals surface area contributed by atoms with Crippen LogP contribution in [-0.4, -0.2) is 21.9 Å². The van der Waals surface area contributed by atoms with Gasteiger partial charge in [-0.25, -0.2) is 0 Å². The summed E-state index contributed by atoms with van der Waals surface area (Å²) in [6.45, 7) is 3.53. The van der Waals surface area contributed by atoms with Crippen LogP contribution >= 0.6 is 12.2 Å². The number of carbonyl (C=O) groups is 1. The Kier molecular flexibility index (Phi) is 4.39. The molecule has 1 unspecified atom stereocenters. The fraction of sp³-hybridized carbons (Fsp3) is 0.364. The lowest BCUT2D eigenvalue weighted by molar-refractivity contribution is 0.0940. The van der Waals surface area contributed by atoms with Crippen molar-refractivity contribution in [2.45, 2.75) is 26.3 Å². The second kappa shape index (κ2) is 5.58. The molecule has 0 aliphatic heterocycles.